The molecule has 0 aromatic carbocycles. The third-order valence-electron chi connectivity index (χ3n) is 6.15. The summed E-state index contributed by atoms with van der Waals surface area (Å²) < 4.78 is 66.0. The quantitative estimate of drug-likeness (QED) is 0.407. The van der Waals surface area contributed by atoms with Gasteiger partial charge in [0.1, 0.15) is 5.82 Å². The van der Waals surface area contributed by atoms with Crippen molar-refractivity contribution in [3.05, 3.63) is 45.7 Å². The Hall–Kier alpha value is -3.02. The van der Waals surface area contributed by atoms with E-state index in [1.54, 1.807) is 11.3 Å². The Kier molecular flexibility index (Phi) is 9.97. The van der Waals surface area contributed by atoms with E-state index in [4.69, 9.17) is 19.8 Å². The number of carbonyl (C=O) groups is 2. The Morgan fingerprint density at radius 2 is 1.50 bits per heavy atom. The lowest BCUT2D eigenvalue weighted by Crippen LogP contribution is -2.55. The highest BCUT2D eigenvalue weighted by Crippen LogP contribution is 2.40. The van der Waals surface area contributed by atoms with E-state index in [1.807, 2.05) is 11.3 Å². The van der Waals surface area contributed by atoms with Crippen LogP contribution in [0.25, 0.3) is 10.7 Å². The van der Waals surface area contributed by atoms with Crippen molar-refractivity contribution in [1.82, 2.24) is 24.6 Å². The summed E-state index contributed by atoms with van der Waals surface area (Å²) in [5.74, 6) is -3.33. The van der Waals surface area contributed by atoms with Gasteiger partial charge in [0.2, 0.25) is 0 Å². The van der Waals surface area contributed by atoms with Crippen LogP contribution in [0.5, 0.6) is 0 Å². The molecule has 1 saturated heterocycles. The van der Waals surface area contributed by atoms with Gasteiger partial charge in [0.15, 0.2) is 5.82 Å². The van der Waals surface area contributed by atoms with Crippen LogP contribution >= 0.6 is 22.7 Å². The molecule has 220 valence electrons. The molecule has 1 spiro atoms. The minimum Gasteiger partial charge on any atom is -0.475 e. The molecule has 5 rings (SSSR count). The zero-order chi connectivity index (χ0) is 29.7. The van der Waals surface area contributed by atoms with Crippen molar-refractivity contribution in [2.24, 2.45) is 0 Å². The van der Waals surface area contributed by atoms with Crippen molar-refractivity contribution in [3.63, 3.8) is 0 Å². The van der Waals surface area contributed by atoms with Crippen LogP contribution < -0.4 is 0 Å². The molecule has 3 aromatic heterocycles. The molecule has 0 radical (unpaired) electrons. The van der Waals surface area contributed by atoms with Crippen molar-refractivity contribution in [2.45, 2.75) is 43.8 Å². The lowest BCUT2D eigenvalue weighted by molar-refractivity contribution is -0.193. The van der Waals surface area contributed by atoms with Crippen LogP contribution in [0.1, 0.15) is 23.5 Å². The number of carboxylic acid groups (broad SMARTS) is 2. The van der Waals surface area contributed by atoms with E-state index in [0.29, 0.717) is 0 Å². The summed E-state index contributed by atoms with van der Waals surface area (Å²) in [4.78, 5) is 25.5. The van der Waals surface area contributed by atoms with Crippen LogP contribution in [0, 0.1) is 0 Å². The maximum atomic E-state index is 10.6. The van der Waals surface area contributed by atoms with Gasteiger partial charge in [-0.2, -0.15) is 26.3 Å². The highest BCUT2D eigenvalue weighted by atomic mass is 32.1. The van der Waals surface area contributed by atoms with Gasteiger partial charge in [-0.1, -0.05) is 12.1 Å². The lowest BCUT2D eigenvalue weighted by atomic mass is 9.84. The van der Waals surface area contributed by atoms with E-state index < -0.39 is 24.3 Å². The molecule has 0 bridgehead atoms. The monoisotopic (exact) mass is 613 g/mol. The number of piperidine rings is 1. The molecular weight excluding hydrogens is 588 g/mol. The number of likely N-dealkylation sites (tertiary alicyclic amines) is 1. The molecule has 1 fully saturated rings. The van der Waals surface area contributed by atoms with Crippen LogP contribution in [0.3, 0.4) is 0 Å². The Labute approximate surface area is 232 Å². The largest absolute Gasteiger partial charge is 0.490 e. The molecule has 17 heteroatoms. The fourth-order valence-corrected chi connectivity index (χ4v) is 5.93. The third-order valence-corrected chi connectivity index (χ3v) is 7.88. The molecule has 3 aromatic rings. The molecule has 0 unspecified atom stereocenters. The molecule has 5 heterocycles. The smallest absolute Gasteiger partial charge is 0.475 e. The van der Waals surface area contributed by atoms with Gasteiger partial charge in [-0.3, -0.25) is 9.80 Å². The number of nitrogens with zero attached hydrogens (tertiary/aromatic N) is 5. The van der Waals surface area contributed by atoms with Crippen LogP contribution in [0.15, 0.2) is 35.0 Å². The first-order valence-corrected chi connectivity index (χ1v) is 13.4. The average Bonchev–Trinajstić information content (AvgIpc) is 3.62. The van der Waals surface area contributed by atoms with Gasteiger partial charge < -0.3 is 14.8 Å². The minimum atomic E-state index is -5.08. The SMILES string of the molecule is CN1Cc2nnc(-c3cccs3)n2C2(CCN(Cc3cccs3)CC2)C1.O=C(O)C(F)(F)F.O=C(O)C(F)(F)F. The Balaban J connectivity index is 0.000000263. The van der Waals surface area contributed by atoms with Gasteiger partial charge in [-0.15, -0.1) is 32.9 Å². The molecule has 2 aliphatic rings. The third kappa shape index (κ3) is 8.02. The van der Waals surface area contributed by atoms with Crippen molar-refractivity contribution in [1.29, 1.82) is 0 Å². The molecule has 2 N–H and O–H groups in total. The van der Waals surface area contributed by atoms with Crippen molar-refractivity contribution in [2.75, 3.05) is 26.7 Å². The maximum Gasteiger partial charge on any atom is 0.490 e. The first-order chi connectivity index (χ1) is 18.6. The van der Waals surface area contributed by atoms with Gasteiger partial charge in [-0.25, -0.2) is 9.59 Å². The molecule has 2 aliphatic heterocycles. The van der Waals surface area contributed by atoms with Crippen molar-refractivity contribution in [3.8, 4) is 10.7 Å². The number of carboxylic acids is 2. The fraction of sp³-hybridized carbons (Fsp3) is 0.478. The molecule has 9 nitrogen and oxygen atoms in total. The predicted octanol–water partition coefficient (Wildman–Crippen LogP) is 4.77. The second-order valence-corrected chi connectivity index (χ2v) is 11.1. The number of fused-ring (bicyclic) bond motifs is 2. The zero-order valence-electron chi connectivity index (χ0n) is 20.9. The maximum absolute atomic E-state index is 10.6. The van der Waals surface area contributed by atoms with Gasteiger partial charge in [0.05, 0.1) is 17.0 Å². The lowest BCUT2D eigenvalue weighted by Gasteiger charge is -2.48. The van der Waals surface area contributed by atoms with Crippen molar-refractivity contribution >= 4 is 34.6 Å². The van der Waals surface area contributed by atoms with Crippen molar-refractivity contribution < 1.29 is 46.1 Å². The molecule has 0 aliphatic carbocycles. The Morgan fingerprint density at radius 1 is 0.950 bits per heavy atom. The van der Waals surface area contributed by atoms with E-state index in [2.05, 4.69) is 66.6 Å². The van der Waals surface area contributed by atoms with Gasteiger partial charge in [0, 0.05) is 31.1 Å². The molecule has 0 saturated carbocycles. The second-order valence-electron chi connectivity index (χ2n) is 9.11. The number of aliphatic carboxylic acids is 2. The highest BCUT2D eigenvalue weighted by Gasteiger charge is 2.44. The summed E-state index contributed by atoms with van der Waals surface area (Å²) in [6.45, 7) is 5.32. The normalized spacial score (nSPS) is 17.3. The van der Waals surface area contributed by atoms with E-state index in [1.165, 1.54) is 9.75 Å². The van der Waals surface area contributed by atoms with E-state index in [0.717, 1.165) is 57.2 Å². The summed E-state index contributed by atoms with van der Waals surface area (Å²) >= 11 is 3.62. The number of likely N-dealkylation sites (N-methyl/N-ethyl adjacent to an activating group) is 1. The van der Waals surface area contributed by atoms with Gasteiger partial charge >= 0.3 is 24.3 Å². The first kappa shape index (κ1) is 31.5. The standard InChI is InChI=1S/C19H23N5S2.2C2HF3O2/c1-22-13-17-20-21-18(16-5-3-11-26-16)24(17)19(14-22)6-8-23(9-7-19)12-15-4-2-10-25-15;2*3-2(4,5)1(6)7/h2-5,10-11H,6-9,12-14H2,1H3;2*(H,6,7). The first-order valence-electron chi connectivity index (χ1n) is 11.6. The molecular formula is C23H25F6N5O4S2. The number of alkyl halides is 6. The Morgan fingerprint density at radius 3 is 1.98 bits per heavy atom. The van der Waals surface area contributed by atoms with E-state index in [-0.39, 0.29) is 5.54 Å². The molecule has 40 heavy (non-hydrogen) atoms. The van der Waals surface area contributed by atoms with Crippen LogP contribution in [0.2, 0.25) is 0 Å². The predicted molar refractivity (Wildman–Crippen MR) is 134 cm³/mol. The molecule has 0 atom stereocenters. The summed E-state index contributed by atoms with van der Waals surface area (Å²) in [5.41, 5.74) is 0.122. The zero-order valence-corrected chi connectivity index (χ0v) is 22.6. The second kappa shape index (κ2) is 12.7. The number of aromatic nitrogens is 3. The summed E-state index contributed by atoms with van der Waals surface area (Å²) in [6.07, 6.45) is -7.85. The molecule has 0 amide bonds. The van der Waals surface area contributed by atoms with Gasteiger partial charge in [0.25, 0.3) is 0 Å². The topological polar surface area (TPSA) is 112 Å². The fourth-order valence-electron chi connectivity index (χ4n) is 4.49. The van der Waals surface area contributed by atoms with Crippen LogP contribution in [-0.2, 0) is 28.2 Å². The minimum absolute atomic E-state index is 0.122. The summed E-state index contributed by atoms with van der Waals surface area (Å²) in [5, 5.41) is 27.7. The van der Waals surface area contributed by atoms with E-state index >= 15 is 0 Å². The number of hydrogen-bond donors (Lipinski definition) is 2. The van der Waals surface area contributed by atoms with Gasteiger partial charge in [-0.05, 0) is 42.8 Å². The number of rotatable bonds is 3. The highest BCUT2D eigenvalue weighted by molar-refractivity contribution is 7.13. The summed E-state index contributed by atoms with van der Waals surface area (Å²) in [6, 6.07) is 8.67. The number of halogens is 6. The number of hydrogen-bond acceptors (Lipinski definition) is 8. The van der Waals surface area contributed by atoms with E-state index in [9.17, 15) is 26.3 Å². The van der Waals surface area contributed by atoms with Crippen LogP contribution in [0.4, 0.5) is 26.3 Å². The Bertz CT molecular complexity index is 1230. The summed E-state index contributed by atoms with van der Waals surface area (Å²) in [7, 11) is 2.21. The average molecular weight is 614 g/mol. The number of thiophene rings is 2. The van der Waals surface area contributed by atoms with Crippen LogP contribution in [-0.4, -0.2) is 85.8 Å².